The maximum Gasteiger partial charge on any atom is 0.0377 e. The normalized spacial score (nSPS) is 19.6. The van der Waals surface area contributed by atoms with E-state index < -0.39 is 0 Å². The van der Waals surface area contributed by atoms with Gasteiger partial charge >= 0.3 is 0 Å². The van der Waals surface area contributed by atoms with Crippen LogP contribution in [0.4, 0.5) is 5.69 Å². The van der Waals surface area contributed by atoms with Crippen molar-refractivity contribution in [1.29, 1.82) is 0 Å². The molecule has 1 aromatic carbocycles. The molecule has 0 aliphatic heterocycles. The SMILES string of the molecule is CC(C)c1ccccc1NC(C)C1(C)CC1. The van der Waals surface area contributed by atoms with Crippen molar-refractivity contribution in [1.82, 2.24) is 0 Å². The van der Waals surface area contributed by atoms with E-state index in [1.165, 1.54) is 24.1 Å². The average Bonchev–Trinajstić information content (AvgIpc) is 2.98. The molecule has 88 valence electrons. The Balaban J connectivity index is 2.14. The van der Waals surface area contributed by atoms with Gasteiger partial charge in [-0.3, -0.25) is 0 Å². The third-order valence-corrected chi connectivity index (χ3v) is 4.04. The molecule has 1 nitrogen and oxygen atoms in total. The highest BCUT2D eigenvalue weighted by atomic mass is 14.9. The maximum absolute atomic E-state index is 3.69. The predicted octanol–water partition coefficient (Wildman–Crippen LogP) is 4.41. The standard InChI is InChI=1S/C15H23N/c1-11(2)13-7-5-6-8-14(13)16-12(3)15(4)9-10-15/h5-8,11-12,16H,9-10H2,1-4H3. The van der Waals surface area contributed by atoms with Gasteiger partial charge in [-0.05, 0) is 42.7 Å². The molecular formula is C15H23N. The lowest BCUT2D eigenvalue weighted by Crippen LogP contribution is -2.25. The average molecular weight is 217 g/mol. The molecule has 0 radical (unpaired) electrons. The van der Waals surface area contributed by atoms with Crippen molar-refractivity contribution in [2.24, 2.45) is 5.41 Å². The van der Waals surface area contributed by atoms with Crippen LogP contribution in [0.5, 0.6) is 0 Å². The monoisotopic (exact) mass is 217 g/mol. The highest BCUT2D eigenvalue weighted by Crippen LogP contribution is 2.49. The Morgan fingerprint density at radius 3 is 2.31 bits per heavy atom. The molecule has 16 heavy (non-hydrogen) atoms. The van der Waals surface area contributed by atoms with Crippen LogP contribution in [-0.4, -0.2) is 6.04 Å². The summed E-state index contributed by atoms with van der Waals surface area (Å²) in [6.45, 7) is 9.20. The van der Waals surface area contributed by atoms with Crippen LogP contribution in [0.15, 0.2) is 24.3 Å². The first kappa shape index (κ1) is 11.5. The second-order valence-corrected chi connectivity index (χ2v) is 5.76. The molecule has 1 saturated carbocycles. The van der Waals surface area contributed by atoms with Crippen molar-refractivity contribution < 1.29 is 0 Å². The summed E-state index contributed by atoms with van der Waals surface area (Å²) in [5.74, 6) is 0.586. The minimum Gasteiger partial charge on any atom is -0.382 e. The molecule has 1 heteroatoms. The summed E-state index contributed by atoms with van der Waals surface area (Å²) in [6, 6.07) is 9.26. The van der Waals surface area contributed by atoms with Crippen LogP contribution in [0.3, 0.4) is 0 Å². The van der Waals surface area contributed by atoms with Crippen molar-refractivity contribution in [3.05, 3.63) is 29.8 Å². The third kappa shape index (κ3) is 2.23. The Labute approximate surface area is 99.3 Å². The Morgan fingerprint density at radius 1 is 1.12 bits per heavy atom. The number of hydrogen-bond donors (Lipinski definition) is 1. The molecule has 1 fully saturated rings. The Kier molecular flexibility index (Phi) is 2.96. The molecule has 0 saturated heterocycles. The fourth-order valence-corrected chi connectivity index (χ4v) is 2.17. The molecule has 2 rings (SSSR count). The number of rotatable bonds is 4. The van der Waals surface area contributed by atoms with Gasteiger partial charge < -0.3 is 5.32 Å². The molecular weight excluding hydrogens is 194 g/mol. The Morgan fingerprint density at radius 2 is 1.75 bits per heavy atom. The van der Waals surface area contributed by atoms with E-state index >= 15 is 0 Å². The Bertz CT molecular complexity index is 363. The van der Waals surface area contributed by atoms with E-state index in [1.807, 2.05) is 0 Å². The lowest BCUT2D eigenvalue weighted by atomic mass is 9.97. The fraction of sp³-hybridized carbons (Fsp3) is 0.600. The minimum absolute atomic E-state index is 0.532. The first-order valence-corrected chi connectivity index (χ1v) is 6.38. The molecule has 1 aromatic rings. The van der Waals surface area contributed by atoms with E-state index in [2.05, 4.69) is 57.3 Å². The van der Waals surface area contributed by atoms with Crippen molar-refractivity contribution in [3.8, 4) is 0 Å². The molecule has 1 atom stereocenters. The van der Waals surface area contributed by atoms with Gasteiger partial charge in [-0.25, -0.2) is 0 Å². The molecule has 0 aromatic heterocycles. The molecule has 0 amide bonds. The van der Waals surface area contributed by atoms with Gasteiger partial charge in [-0.15, -0.1) is 0 Å². The number of hydrogen-bond acceptors (Lipinski definition) is 1. The smallest absolute Gasteiger partial charge is 0.0377 e. The van der Waals surface area contributed by atoms with Crippen LogP contribution >= 0.6 is 0 Å². The van der Waals surface area contributed by atoms with Crippen LogP contribution in [-0.2, 0) is 0 Å². The van der Waals surface area contributed by atoms with Gasteiger partial charge in [-0.1, -0.05) is 39.0 Å². The largest absolute Gasteiger partial charge is 0.382 e. The topological polar surface area (TPSA) is 12.0 Å². The van der Waals surface area contributed by atoms with Crippen LogP contribution in [0.25, 0.3) is 0 Å². The summed E-state index contributed by atoms with van der Waals surface area (Å²) < 4.78 is 0. The van der Waals surface area contributed by atoms with Crippen molar-refractivity contribution >= 4 is 5.69 Å². The highest BCUT2D eigenvalue weighted by Gasteiger charge is 2.42. The predicted molar refractivity (Wildman–Crippen MR) is 71.0 cm³/mol. The van der Waals surface area contributed by atoms with Crippen molar-refractivity contribution in [2.45, 2.75) is 52.5 Å². The van der Waals surface area contributed by atoms with Crippen LogP contribution in [0.1, 0.15) is 52.0 Å². The molecule has 0 bridgehead atoms. The third-order valence-electron chi connectivity index (χ3n) is 4.04. The molecule has 1 aliphatic rings. The van der Waals surface area contributed by atoms with E-state index in [0.717, 1.165) is 0 Å². The van der Waals surface area contributed by atoms with E-state index in [4.69, 9.17) is 0 Å². The lowest BCUT2D eigenvalue weighted by molar-refractivity contribution is 0.493. The van der Waals surface area contributed by atoms with Gasteiger partial charge in [0.25, 0.3) is 0 Å². The van der Waals surface area contributed by atoms with Crippen LogP contribution in [0.2, 0.25) is 0 Å². The fourth-order valence-electron chi connectivity index (χ4n) is 2.17. The van der Waals surface area contributed by atoms with Gasteiger partial charge in [0.2, 0.25) is 0 Å². The molecule has 1 N–H and O–H groups in total. The van der Waals surface area contributed by atoms with Crippen LogP contribution < -0.4 is 5.32 Å². The van der Waals surface area contributed by atoms with Crippen molar-refractivity contribution in [2.75, 3.05) is 5.32 Å². The molecule has 0 heterocycles. The number of nitrogens with one attached hydrogen (secondary N) is 1. The van der Waals surface area contributed by atoms with Gasteiger partial charge in [-0.2, -0.15) is 0 Å². The molecule has 1 unspecified atom stereocenters. The summed E-state index contributed by atoms with van der Waals surface area (Å²) in [6.07, 6.45) is 2.73. The molecule has 0 spiro atoms. The van der Waals surface area contributed by atoms with E-state index in [1.54, 1.807) is 0 Å². The van der Waals surface area contributed by atoms with Gasteiger partial charge in [0.1, 0.15) is 0 Å². The quantitative estimate of drug-likeness (QED) is 0.787. The minimum atomic E-state index is 0.532. The van der Waals surface area contributed by atoms with E-state index in [9.17, 15) is 0 Å². The summed E-state index contributed by atoms with van der Waals surface area (Å²) in [4.78, 5) is 0. The second kappa shape index (κ2) is 4.12. The summed E-state index contributed by atoms with van der Waals surface area (Å²) in [5.41, 5.74) is 3.28. The molecule has 1 aliphatic carbocycles. The van der Waals surface area contributed by atoms with E-state index in [0.29, 0.717) is 17.4 Å². The summed E-state index contributed by atoms with van der Waals surface area (Å²) in [7, 11) is 0. The maximum atomic E-state index is 3.69. The van der Waals surface area contributed by atoms with Gasteiger partial charge in [0.15, 0.2) is 0 Å². The summed E-state index contributed by atoms with van der Waals surface area (Å²) in [5, 5.41) is 3.69. The lowest BCUT2D eigenvalue weighted by Gasteiger charge is -2.24. The Hall–Kier alpha value is -0.980. The highest BCUT2D eigenvalue weighted by molar-refractivity contribution is 5.53. The van der Waals surface area contributed by atoms with E-state index in [-0.39, 0.29) is 0 Å². The second-order valence-electron chi connectivity index (χ2n) is 5.76. The van der Waals surface area contributed by atoms with Gasteiger partial charge in [0, 0.05) is 11.7 Å². The first-order valence-electron chi connectivity index (χ1n) is 6.38. The van der Waals surface area contributed by atoms with Gasteiger partial charge in [0.05, 0.1) is 0 Å². The zero-order valence-corrected chi connectivity index (χ0v) is 10.9. The number of anilines is 1. The van der Waals surface area contributed by atoms with Crippen molar-refractivity contribution in [3.63, 3.8) is 0 Å². The summed E-state index contributed by atoms with van der Waals surface area (Å²) >= 11 is 0. The number of benzene rings is 1. The van der Waals surface area contributed by atoms with Crippen LogP contribution in [0, 0.1) is 5.41 Å². The number of para-hydroxylation sites is 1. The zero-order chi connectivity index (χ0) is 11.8. The zero-order valence-electron chi connectivity index (χ0n) is 10.9. The first-order chi connectivity index (χ1) is 7.53.